The molecular formula is C19H20ClNO5. The summed E-state index contributed by atoms with van der Waals surface area (Å²) in [6.45, 7) is 1.51. The molecule has 7 heteroatoms. The summed E-state index contributed by atoms with van der Waals surface area (Å²) in [5.74, 6) is -1.62. The van der Waals surface area contributed by atoms with Gasteiger partial charge in [-0.3, -0.25) is 9.59 Å². The summed E-state index contributed by atoms with van der Waals surface area (Å²) in [7, 11) is 1.49. The average molecular weight is 378 g/mol. The first kappa shape index (κ1) is 19.8. The molecule has 0 bridgehead atoms. The van der Waals surface area contributed by atoms with E-state index in [1.165, 1.54) is 14.0 Å². The van der Waals surface area contributed by atoms with E-state index in [9.17, 15) is 14.7 Å². The first-order chi connectivity index (χ1) is 12.3. The predicted molar refractivity (Wildman–Crippen MR) is 99.1 cm³/mol. The number of halogens is 1. The van der Waals surface area contributed by atoms with E-state index in [4.69, 9.17) is 21.4 Å². The number of carbonyl (C=O) groups is 2. The number of hydrogen-bond donors (Lipinski definition) is 3. The summed E-state index contributed by atoms with van der Waals surface area (Å²) >= 11 is 5.83. The van der Waals surface area contributed by atoms with Crippen LogP contribution in [0.4, 0.5) is 5.69 Å². The number of aliphatic carboxylic acids is 1. The highest BCUT2D eigenvalue weighted by molar-refractivity contribution is 6.30. The number of benzene rings is 2. The zero-order chi connectivity index (χ0) is 19.3. The Kier molecular flexibility index (Phi) is 6.60. The topological polar surface area (TPSA) is 95.9 Å². The van der Waals surface area contributed by atoms with E-state index in [1.54, 1.807) is 42.5 Å². The summed E-state index contributed by atoms with van der Waals surface area (Å²) in [4.78, 5) is 23.7. The lowest BCUT2D eigenvalue weighted by Crippen LogP contribution is -2.21. The quantitative estimate of drug-likeness (QED) is 0.685. The van der Waals surface area contributed by atoms with Crippen LogP contribution in [0.25, 0.3) is 0 Å². The molecule has 0 aliphatic rings. The van der Waals surface area contributed by atoms with Gasteiger partial charge in [0.15, 0.2) is 0 Å². The summed E-state index contributed by atoms with van der Waals surface area (Å²) in [5.41, 5.74) is 1.31. The van der Waals surface area contributed by atoms with Crippen LogP contribution in [0, 0.1) is 0 Å². The standard InChI is InChI=1S/C19H20ClNO5/c1-11(22)15(10-18(23)24)16-9-14(26-2)7-8-17(16)21-19(25)12-3-5-13(20)6-4-12/h3-9,11,15,22H,10H2,1-2H3,(H,21,25)(H,23,24). The molecule has 0 fully saturated rings. The number of carbonyl (C=O) groups excluding carboxylic acids is 1. The van der Waals surface area contributed by atoms with Crippen LogP contribution in [-0.4, -0.2) is 35.3 Å². The van der Waals surface area contributed by atoms with Crippen molar-refractivity contribution < 1.29 is 24.5 Å². The van der Waals surface area contributed by atoms with Gasteiger partial charge in [0.1, 0.15) is 5.75 Å². The van der Waals surface area contributed by atoms with Crippen LogP contribution in [0.3, 0.4) is 0 Å². The molecule has 2 aromatic carbocycles. The van der Waals surface area contributed by atoms with E-state index in [2.05, 4.69) is 5.32 Å². The highest BCUT2D eigenvalue weighted by atomic mass is 35.5. The normalized spacial score (nSPS) is 12.9. The Bertz CT molecular complexity index is 789. The fourth-order valence-electron chi connectivity index (χ4n) is 2.61. The van der Waals surface area contributed by atoms with Gasteiger partial charge < -0.3 is 20.3 Å². The van der Waals surface area contributed by atoms with E-state index < -0.39 is 18.0 Å². The first-order valence-electron chi connectivity index (χ1n) is 7.96. The Morgan fingerprint density at radius 2 is 1.85 bits per heavy atom. The molecule has 0 saturated heterocycles. The van der Waals surface area contributed by atoms with Gasteiger partial charge in [0.05, 0.1) is 19.6 Å². The van der Waals surface area contributed by atoms with E-state index in [0.717, 1.165) is 0 Å². The lowest BCUT2D eigenvalue weighted by atomic mass is 9.89. The number of carboxylic acid groups (broad SMARTS) is 1. The van der Waals surface area contributed by atoms with Gasteiger partial charge in [-0.2, -0.15) is 0 Å². The van der Waals surface area contributed by atoms with Gasteiger partial charge >= 0.3 is 5.97 Å². The highest BCUT2D eigenvalue weighted by Gasteiger charge is 2.25. The maximum atomic E-state index is 12.5. The Morgan fingerprint density at radius 3 is 2.38 bits per heavy atom. The first-order valence-corrected chi connectivity index (χ1v) is 8.34. The van der Waals surface area contributed by atoms with Crippen molar-refractivity contribution in [2.75, 3.05) is 12.4 Å². The van der Waals surface area contributed by atoms with Crippen molar-refractivity contribution in [2.45, 2.75) is 25.4 Å². The van der Waals surface area contributed by atoms with Crippen LogP contribution in [0.1, 0.15) is 35.2 Å². The van der Waals surface area contributed by atoms with Gasteiger partial charge in [-0.25, -0.2) is 0 Å². The summed E-state index contributed by atoms with van der Waals surface area (Å²) in [5, 5.41) is 22.5. The molecule has 2 unspecified atom stereocenters. The second-order valence-electron chi connectivity index (χ2n) is 5.86. The number of hydrogen-bond acceptors (Lipinski definition) is 4. The molecule has 2 atom stereocenters. The maximum Gasteiger partial charge on any atom is 0.304 e. The summed E-state index contributed by atoms with van der Waals surface area (Å²) in [6, 6.07) is 11.3. The van der Waals surface area contributed by atoms with Crippen molar-refractivity contribution in [1.29, 1.82) is 0 Å². The monoisotopic (exact) mass is 377 g/mol. The van der Waals surface area contributed by atoms with Crippen LogP contribution >= 0.6 is 11.6 Å². The number of amides is 1. The number of methoxy groups -OCH3 is 1. The molecule has 2 rings (SSSR count). The minimum absolute atomic E-state index is 0.283. The Labute approximate surface area is 156 Å². The SMILES string of the molecule is COc1ccc(NC(=O)c2ccc(Cl)cc2)c(C(CC(=O)O)C(C)O)c1. The second-order valence-corrected chi connectivity index (χ2v) is 6.30. The van der Waals surface area contributed by atoms with Gasteiger partial charge in [-0.05, 0) is 55.0 Å². The van der Waals surface area contributed by atoms with Crippen LogP contribution < -0.4 is 10.1 Å². The van der Waals surface area contributed by atoms with Crippen molar-refractivity contribution in [3.8, 4) is 5.75 Å². The third-order valence-electron chi connectivity index (χ3n) is 3.99. The van der Waals surface area contributed by atoms with Crippen molar-refractivity contribution in [1.82, 2.24) is 0 Å². The molecule has 26 heavy (non-hydrogen) atoms. The van der Waals surface area contributed by atoms with Crippen LogP contribution in [0.5, 0.6) is 5.75 Å². The molecule has 6 nitrogen and oxygen atoms in total. The highest BCUT2D eigenvalue weighted by Crippen LogP contribution is 2.33. The van der Waals surface area contributed by atoms with Gasteiger partial charge in [0.25, 0.3) is 5.91 Å². The van der Waals surface area contributed by atoms with Crippen molar-refractivity contribution >= 4 is 29.2 Å². The lowest BCUT2D eigenvalue weighted by molar-refractivity contribution is -0.138. The molecule has 0 aliphatic carbocycles. The fourth-order valence-corrected chi connectivity index (χ4v) is 2.74. The zero-order valence-electron chi connectivity index (χ0n) is 14.4. The Hall–Kier alpha value is -2.57. The van der Waals surface area contributed by atoms with E-state index in [-0.39, 0.29) is 12.3 Å². The number of rotatable bonds is 7. The number of anilines is 1. The smallest absolute Gasteiger partial charge is 0.304 e. The molecule has 138 valence electrons. The summed E-state index contributed by atoms with van der Waals surface area (Å²) in [6.07, 6.45) is -1.21. The van der Waals surface area contributed by atoms with Crippen LogP contribution in [0.15, 0.2) is 42.5 Å². The van der Waals surface area contributed by atoms with Gasteiger partial charge in [-0.1, -0.05) is 11.6 Å². The lowest BCUT2D eigenvalue weighted by Gasteiger charge is -2.22. The van der Waals surface area contributed by atoms with Gasteiger partial charge in [0.2, 0.25) is 0 Å². The van der Waals surface area contributed by atoms with Gasteiger partial charge in [-0.15, -0.1) is 0 Å². The van der Waals surface area contributed by atoms with Crippen molar-refractivity contribution in [2.24, 2.45) is 0 Å². The molecule has 0 aromatic heterocycles. The largest absolute Gasteiger partial charge is 0.497 e. The minimum atomic E-state index is -1.05. The van der Waals surface area contributed by atoms with E-state index >= 15 is 0 Å². The summed E-state index contributed by atoms with van der Waals surface area (Å²) < 4.78 is 5.19. The minimum Gasteiger partial charge on any atom is -0.497 e. The number of aliphatic hydroxyl groups excluding tert-OH is 1. The molecule has 3 N–H and O–H groups in total. The zero-order valence-corrected chi connectivity index (χ0v) is 15.2. The number of ether oxygens (including phenoxy) is 1. The number of nitrogens with one attached hydrogen (secondary N) is 1. The van der Waals surface area contributed by atoms with Crippen LogP contribution in [-0.2, 0) is 4.79 Å². The van der Waals surface area contributed by atoms with Crippen LogP contribution in [0.2, 0.25) is 5.02 Å². The Balaban J connectivity index is 2.39. The molecule has 0 heterocycles. The van der Waals surface area contributed by atoms with Crippen molar-refractivity contribution in [3.63, 3.8) is 0 Å². The third kappa shape index (κ3) is 4.97. The predicted octanol–water partition coefficient (Wildman–Crippen LogP) is 3.54. The maximum absolute atomic E-state index is 12.5. The van der Waals surface area contributed by atoms with E-state index in [0.29, 0.717) is 27.6 Å². The molecule has 2 aromatic rings. The molecule has 0 radical (unpaired) electrons. The average Bonchev–Trinajstić information content (AvgIpc) is 2.60. The Morgan fingerprint density at radius 1 is 1.19 bits per heavy atom. The molecule has 0 saturated carbocycles. The third-order valence-corrected chi connectivity index (χ3v) is 4.24. The van der Waals surface area contributed by atoms with Gasteiger partial charge in [0, 0.05) is 22.2 Å². The van der Waals surface area contributed by atoms with E-state index in [1.807, 2.05) is 0 Å². The fraction of sp³-hybridized carbons (Fsp3) is 0.263. The molecule has 0 spiro atoms. The molecular weight excluding hydrogens is 358 g/mol. The number of aliphatic hydroxyl groups is 1. The molecule has 0 aliphatic heterocycles. The second kappa shape index (κ2) is 8.69. The number of carboxylic acids is 1. The molecule has 1 amide bonds. The van der Waals surface area contributed by atoms with Crippen molar-refractivity contribution in [3.05, 3.63) is 58.6 Å².